The highest BCUT2D eigenvalue weighted by Gasteiger charge is 2.18. The normalized spacial score (nSPS) is 15.0. The summed E-state index contributed by atoms with van der Waals surface area (Å²) in [7, 11) is 0. The van der Waals surface area contributed by atoms with Gasteiger partial charge in [-0.15, -0.1) is 0 Å². The molecule has 0 saturated carbocycles. The van der Waals surface area contributed by atoms with E-state index in [0.717, 1.165) is 36.1 Å². The zero-order valence-electron chi connectivity index (χ0n) is 10.4. The maximum atomic E-state index is 10.6. The molecule has 0 saturated heterocycles. The topological polar surface area (TPSA) is 46.5 Å². The number of aryl methyl sites for hydroxylation is 1. The van der Waals surface area contributed by atoms with Gasteiger partial charge < -0.3 is 9.84 Å². The molecule has 0 aliphatic carbocycles. The van der Waals surface area contributed by atoms with Gasteiger partial charge in [0, 0.05) is 17.3 Å². The van der Waals surface area contributed by atoms with Crippen LogP contribution in [0.2, 0.25) is 0 Å². The maximum absolute atomic E-state index is 10.6. The summed E-state index contributed by atoms with van der Waals surface area (Å²) in [5, 5.41) is 8.75. The average molecular weight is 313 g/mol. The van der Waals surface area contributed by atoms with Crippen LogP contribution in [0, 0.1) is 5.92 Å². The van der Waals surface area contributed by atoms with Crippen LogP contribution in [0.25, 0.3) is 0 Å². The SMILES string of the molecule is CC(CCc1cc(Br)cc2c1OCC2)CC(=O)O. The smallest absolute Gasteiger partial charge is 0.303 e. The molecule has 1 aliphatic rings. The number of benzene rings is 1. The van der Waals surface area contributed by atoms with Crippen molar-refractivity contribution in [1.29, 1.82) is 0 Å². The Kier molecular flexibility index (Phi) is 4.27. The van der Waals surface area contributed by atoms with E-state index in [0.29, 0.717) is 0 Å². The third-order valence-electron chi connectivity index (χ3n) is 3.25. The van der Waals surface area contributed by atoms with Gasteiger partial charge in [0.25, 0.3) is 0 Å². The van der Waals surface area contributed by atoms with Crippen molar-refractivity contribution in [3.63, 3.8) is 0 Å². The summed E-state index contributed by atoms with van der Waals surface area (Å²) < 4.78 is 6.74. The first kappa shape index (κ1) is 13.4. The van der Waals surface area contributed by atoms with Crippen molar-refractivity contribution in [3.8, 4) is 5.75 Å². The molecule has 0 spiro atoms. The van der Waals surface area contributed by atoms with E-state index in [1.165, 1.54) is 11.1 Å². The molecule has 1 unspecified atom stereocenters. The minimum absolute atomic E-state index is 0.193. The molecule has 4 heteroatoms. The van der Waals surface area contributed by atoms with Crippen molar-refractivity contribution in [2.24, 2.45) is 5.92 Å². The molecule has 3 nitrogen and oxygen atoms in total. The molecule has 0 aromatic heterocycles. The molecule has 0 amide bonds. The van der Waals surface area contributed by atoms with Crippen LogP contribution >= 0.6 is 15.9 Å². The summed E-state index contributed by atoms with van der Waals surface area (Å²) in [5.41, 5.74) is 2.44. The van der Waals surface area contributed by atoms with Gasteiger partial charge in [0.15, 0.2) is 0 Å². The highest BCUT2D eigenvalue weighted by atomic mass is 79.9. The Morgan fingerprint density at radius 1 is 1.56 bits per heavy atom. The molecule has 1 aromatic carbocycles. The third kappa shape index (κ3) is 3.25. The van der Waals surface area contributed by atoms with Crippen LogP contribution in [0.4, 0.5) is 0 Å². The number of halogens is 1. The molecule has 1 aromatic rings. The van der Waals surface area contributed by atoms with E-state index in [1.807, 2.05) is 6.92 Å². The van der Waals surface area contributed by atoms with Crippen molar-refractivity contribution >= 4 is 21.9 Å². The molecule has 98 valence electrons. The van der Waals surface area contributed by atoms with Crippen molar-refractivity contribution < 1.29 is 14.6 Å². The second kappa shape index (κ2) is 5.74. The minimum Gasteiger partial charge on any atom is -0.493 e. The highest BCUT2D eigenvalue weighted by molar-refractivity contribution is 9.10. The van der Waals surface area contributed by atoms with Gasteiger partial charge in [-0.05, 0) is 42.0 Å². The van der Waals surface area contributed by atoms with Crippen LogP contribution in [0.15, 0.2) is 16.6 Å². The van der Waals surface area contributed by atoms with E-state index in [9.17, 15) is 4.79 Å². The molecule has 18 heavy (non-hydrogen) atoms. The number of carboxylic acid groups (broad SMARTS) is 1. The number of ether oxygens (including phenoxy) is 1. The quantitative estimate of drug-likeness (QED) is 0.906. The third-order valence-corrected chi connectivity index (χ3v) is 3.71. The number of carboxylic acids is 1. The van der Waals surface area contributed by atoms with Crippen LogP contribution in [0.1, 0.15) is 30.9 Å². The minimum atomic E-state index is -0.724. The maximum Gasteiger partial charge on any atom is 0.303 e. The standard InChI is InChI=1S/C14H17BrO3/c1-9(6-13(16)17)2-3-10-7-12(15)8-11-4-5-18-14(10)11/h7-9H,2-6H2,1H3,(H,16,17). The summed E-state index contributed by atoms with van der Waals surface area (Å²) in [6.07, 6.45) is 2.94. The van der Waals surface area contributed by atoms with E-state index in [1.54, 1.807) is 0 Å². The van der Waals surface area contributed by atoms with Gasteiger partial charge >= 0.3 is 5.97 Å². The zero-order valence-corrected chi connectivity index (χ0v) is 12.0. The van der Waals surface area contributed by atoms with Crippen LogP contribution in [0.5, 0.6) is 5.75 Å². The largest absolute Gasteiger partial charge is 0.493 e. The Morgan fingerprint density at radius 3 is 3.06 bits per heavy atom. The van der Waals surface area contributed by atoms with E-state index in [4.69, 9.17) is 9.84 Å². The lowest BCUT2D eigenvalue weighted by atomic mass is 9.96. The lowest BCUT2D eigenvalue weighted by Crippen LogP contribution is -2.05. The van der Waals surface area contributed by atoms with E-state index < -0.39 is 5.97 Å². The predicted molar refractivity (Wildman–Crippen MR) is 73.1 cm³/mol. The van der Waals surface area contributed by atoms with Crippen molar-refractivity contribution in [2.75, 3.05) is 6.61 Å². The average Bonchev–Trinajstić information content (AvgIpc) is 2.72. The van der Waals surface area contributed by atoms with E-state index >= 15 is 0 Å². The fourth-order valence-electron chi connectivity index (χ4n) is 2.33. The number of hydrogen-bond acceptors (Lipinski definition) is 2. The molecule has 0 fully saturated rings. The number of carbonyl (C=O) groups is 1. The van der Waals surface area contributed by atoms with Crippen molar-refractivity contribution in [1.82, 2.24) is 0 Å². The highest BCUT2D eigenvalue weighted by Crippen LogP contribution is 2.34. The van der Waals surface area contributed by atoms with E-state index in [2.05, 4.69) is 28.1 Å². The molecule has 0 radical (unpaired) electrons. The first-order valence-electron chi connectivity index (χ1n) is 6.22. The fraction of sp³-hybridized carbons (Fsp3) is 0.500. The summed E-state index contributed by atoms with van der Waals surface area (Å²) in [5.74, 6) is 0.484. The molecular weight excluding hydrogens is 296 g/mol. The molecular formula is C14H17BrO3. The lowest BCUT2D eigenvalue weighted by Gasteiger charge is -2.12. The molecule has 1 aliphatic heterocycles. The Labute approximate surface area is 115 Å². The summed E-state index contributed by atoms with van der Waals surface area (Å²) in [4.78, 5) is 10.6. The predicted octanol–water partition coefficient (Wildman–Crippen LogP) is 3.43. The molecule has 1 heterocycles. The van der Waals surface area contributed by atoms with Gasteiger partial charge in [0.05, 0.1) is 6.61 Å². The van der Waals surface area contributed by atoms with E-state index in [-0.39, 0.29) is 12.3 Å². The van der Waals surface area contributed by atoms with Crippen LogP contribution < -0.4 is 4.74 Å². The number of rotatable bonds is 5. The van der Waals surface area contributed by atoms with Crippen LogP contribution in [0.3, 0.4) is 0 Å². The second-order valence-corrected chi connectivity index (χ2v) is 5.81. The Hall–Kier alpha value is -1.03. The number of fused-ring (bicyclic) bond motifs is 1. The van der Waals surface area contributed by atoms with Crippen LogP contribution in [-0.2, 0) is 17.6 Å². The molecule has 2 rings (SSSR count). The van der Waals surface area contributed by atoms with Gasteiger partial charge in [-0.2, -0.15) is 0 Å². The Bertz CT molecular complexity index is 457. The molecule has 0 bridgehead atoms. The van der Waals surface area contributed by atoms with Gasteiger partial charge in [-0.25, -0.2) is 0 Å². The zero-order chi connectivity index (χ0) is 13.1. The Balaban J connectivity index is 2.03. The summed E-state index contributed by atoms with van der Waals surface area (Å²) >= 11 is 3.51. The summed E-state index contributed by atoms with van der Waals surface area (Å²) in [6.45, 7) is 2.73. The van der Waals surface area contributed by atoms with Gasteiger partial charge in [0.2, 0.25) is 0 Å². The Morgan fingerprint density at radius 2 is 2.33 bits per heavy atom. The second-order valence-electron chi connectivity index (χ2n) is 4.89. The number of hydrogen-bond donors (Lipinski definition) is 1. The first-order valence-corrected chi connectivity index (χ1v) is 7.01. The summed E-state index contributed by atoms with van der Waals surface area (Å²) in [6, 6.07) is 4.18. The first-order chi connectivity index (χ1) is 8.56. The van der Waals surface area contributed by atoms with Crippen molar-refractivity contribution in [3.05, 3.63) is 27.7 Å². The number of aliphatic carboxylic acids is 1. The van der Waals surface area contributed by atoms with Crippen molar-refractivity contribution in [2.45, 2.75) is 32.6 Å². The molecule has 1 atom stereocenters. The van der Waals surface area contributed by atoms with Gasteiger partial charge in [0.1, 0.15) is 5.75 Å². The molecule has 1 N–H and O–H groups in total. The monoisotopic (exact) mass is 312 g/mol. The lowest BCUT2D eigenvalue weighted by molar-refractivity contribution is -0.138. The van der Waals surface area contributed by atoms with Crippen LogP contribution in [-0.4, -0.2) is 17.7 Å². The van der Waals surface area contributed by atoms with Gasteiger partial charge in [-0.1, -0.05) is 22.9 Å². The fourth-order valence-corrected chi connectivity index (χ4v) is 2.89. The van der Waals surface area contributed by atoms with Gasteiger partial charge in [-0.3, -0.25) is 4.79 Å².